The highest BCUT2D eigenvalue weighted by Gasteiger charge is 2.21. The van der Waals surface area contributed by atoms with Crippen molar-refractivity contribution in [2.45, 2.75) is 63.5 Å². The number of rotatable bonds is 16. The van der Waals surface area contributed by atoms with Crippen LogP contribution in [0.1, 0.15) is 50.5 Å². The highest BCUT2D eigenvalue weighted by molar-refractivity contribution is 14.1. The summed E-state index contributed by atoms with van der Waals surface area (Å²) in [4.78, 5) is 56.9. The number of carbonyl (C=O) groups is 5. The molecule has 0 aliphatic carbocycles. The maximum atomic E-state index is 12.2. The first-order chi connectivity index (χ1) is 16.1. The van der Waals surface area contributed by atoms with Gasteiger partial charge in [0, 0.05) is 29.0 Å². The standard InChI is InChI=1S/C22H30IN3O8/c23-15-8-6-14(7-9-15)3-1-5-18(27)25-16(13-20(30)31)4-2-12-24-22(34)26-17(21(32)33)10-11-19(28)29/h6-9,16-17H,1-5,10-13H2,(H,25,27)(H,28,29)(H,30,31)(H,32,33)(H2,24,26,34)/t16-,17-/m0/s1. The van der Waals surface area contributed by atoms with Gasteiger partial charge in [0.15, 0.2) is 0 Å². The van der Waals surface area contributed by atoms with Crippen LogP contribution in [0.5, 0.6) is 0 Å². The van der Waals surface area contributed by atoms with Crippen LogP contribution in [0, 0.1) is 3.57 Å². The van der Waals surface area contributed by atoms with Crippen LogP contribution in [0.15, 0.2) is 24.3 Å². The van der Waals surface area contributed by atoms with E-state index in [9.17, 15) is 24.0 Å². The van der Waals surface area contributed by atoms with E-state index >= 15 is 0 Å². The van der Waals surface area contributed by atoms with Gasteiger partial charge in [-0.25, -0.2) is 9.59 Å². The number of carbonyl (C=O) groups excluding carboxylic acids is 2. The van der Waals surface area contributed by atoms with E-state index in [0.29, 0.717) is 19.3 Å². The Bertz CT molecular complexity index is 847. The van der Waals surface area contributed by atoms with Crippen molar-refractivity contribution in [3.05, 3.63) is 33.4 Å². The van der Waals surface area contributed by atoms with E-state index < -0.39 is 42.4 Å². The SMILES string of the molecule is O=C(O)CC[C@H](NC(=O)NCCC[C@@H](CC(=O)O)NC(=O)CCCc1ccc(I)cc1)C(=O)O. The van der Waals surface area contributed by atoms with E-state index in [4.69, 9.17) is 15.3 Å². The number of aliphatic carboxylic acids is 3. The fourth-order valence-corrected chi connectivity index (χ4v) is 3.48. The summed E-state index contributed by atoms with van der Waals surface area (Å²) in [6.45, 7) is 0.121. The van der Waals surface area contributed by atoms with Crippen molar-refractivity contribution in [3.8, 4) is 0 Å². The molecule has 1 rings (SSSR count). The zero-order valence-corrected chi connectivity index (χ0v) is 20.7. The molecule has 0 aliphatic rings. The summed E-state index contributed by atoms with van der Waals surface area (Å²) in [7, 11) is 0. The van der Waals surface area contributed by atoms with E-state index in [-0.39, 0.29) is 31.7 Å². The van der Waals surface area contributed by atoms with Crippen molar-refractivity contribution in [2.24, 2.45) is 0 Å². The zero-order valence-electron chi connectivity index (χ0n) is 18.6. The van der Waals surface area contributed by atoms with Crippen molar-refractivity contribution in [1.29, 1.82) is 0 Å². The summed E-state index contributed by atoms with van der Waals surface area (Å²) in [6.07, 6.45) is 1.35. The van der Waals surface area contributed by atoms with Crippen molar-refractivity contribution in [1.82, 2.24) is 16.0 Å². The van der Waals surface area contributed by atoms with Gasteiger partial charge >= 0.3 is 23.9 Å². The molecule has 0 unspecified atom stereocenters. The molecular weight excluding hydrogens is 561 g/mol. The van der Waals surface area contributed by atoms with Crippen molar-refractivity contribution in [2.75, 3.05) is 6.54 Å². The van der Waals surface area contributed by atoms with E-state index in [2.05, 4.69) is 38.5 Å². The van der Waals surface area contributed by atoms with Gasteiger partial charge in [-0.3, -0.25) is 14.4 Å². The van der Waals surface area contributed by atoms with E-state index in [1.54, 1.807) is 0 Å². The lowest BCUT2D eigenvalue weighted by molar-refractivity contribution is -0.141. The van der Waals surface area contributed by atoms with Gasteiger partial charge in [-0.15, -0.1) is 0 Å². The number of halogens is 1. The number of urea groups is 1. The lowest BCUT2D eigenvalue weighted by Crippen LogP contribution is -2.46. The largest absolute Gasteiger partial charge is 0.481 e. The second-order valence-corrected chi connectivity index (χ2v) is 8.95. The highest BCUT2D eigenvalue weighted by atomic mass is 127. The average Bonchev–Trinajstić information content (AvgIpc) is 2.74. The molecule has 12 heteroatoms. The minimum atomic E-state index is -1.34. The van der Waals surface area contributed by atoms with Crippen LogP contribution in [-0.2, 0) is 25.6 Å². The van der Waals surface area contributed by atoms with E-state index in [1.165, 1.54) is 0 Å². The van der Waals surface area contributed by atoms with Crippen molar-refractivity contribution >= 4 is 52.4 Å². The second-order valence-electron chi connectivity index (χ2n) is 7.71. The minimum absolute atomic E-state index is 0.121. The fourth-order valence-electron chi connectivity index (χ4n) is 3.12. The Morgan fingerprint density at radius 3 is 2.12 bits per heavy atom. The third kappa shape index (κ3) is 13.6. The Morgan fingerprint density at radius 1 is 0.853 bits per heavy atom. The van der Waals surface area contributed by atoms with Gasteiger partial charge in [0.25, 0.3) is 0 Å². The van der Waals surface area contributed by atoms with Gasteiger partial charge in [-0.1, -0.05) is 12.1 Å². The summed E-state index contributed by atoms with van der Waals surface area (Å²) in [5.74, 6) is -3.82. The topological polar surface area (TPSA) is 182 Å². The van der Waals surface area contributed by atoms with Crippen LogP contribution in [-0.4, -0.2) is 63.8 Å². The summed E-state index contributed by atoms with van der Waals surface area (Å²) >= 11 is 2.22. The third-order valence-electron chi connectivity index (χ3n) is 4.83. The molecule has 0 spiro atoms. The first-order valence-electron chi connectivity index (χ1n) is 10.8. The fraction of sp³-hybridized carbons (Fsp3) is 0.500. The molecule has 0 radical (unpaired) electrons. The van der Waals surface area contributed by atoms with Crippen LogP contribution in [0.2, 0.25) is 0 Å². The molecule has 0 saturated carbocycles. The monoisotopic (exact) mass is 591 g/mol. The minimum Gasteiger partial charge on any atom is -0.481 e. The van der Waals surface area contributed by atoms with E-state index in [0.717, 1.165) is 15.6 Å². The molecule has 188 valence electrons. The second kappa shape index (κ2) is 15.9. The zero-order chi connectivity index (χ0) is 25.5. The number of benzene rings is 1. The highest BCUT2D eigenvalue weighted by Crippen LogP contribution is 2.10. The Labute approximate surface area is 210 Å². The molecule has 3 amide bonds. The molecule has 34 heavy (non-hydrogen) atoms. The van der Waals surface area contributed by atoms with Gasteiger partial charge in [-0.05, 0) is 72.4 Å². The normalized spacial score (nSPS) is 12.3. The smallest absolute Gasteiger partial charge is 0.326 e. The quantitative estimate of drug-likeness (QED) is 0.125. The molecule has 0 bridgehead atoms. The van der Waals surface area contributed by atoms with Crippen molar-refractivity contribution < 1.29 is 39.3 Å². The number of hydrogen-bond acceptors (Lipinski definition) is 5. The van der Waals surface area contributed by atoms with Crippen LogP contribution in [0.25, 0.3) is 0 Å². The molecule has 1 aromatic rings. The molecule has 1 aromatic carbocycles. The number of carboxylic acids is 3. The van der Waals surface area contributed by atoms with E-state index in [1.807, 2.05) is 24.3 Å². The maximum Gasteiger partial charge on any atom is 0.326 e. The third-order valence-corrected chi connectivity index (χ3v) is 5.55. The summed E-state index contributed by atoms with van der Waals surface area (Å²) < 4.78 is 1.13. The number of carboxylic acid groups (broad SMARTS) is 3. The maximum absolute atomic E-state index is 12.2. The summed E-state index contributed by atoms with van der Waals surface area (Å²) in [5.41, 5.74) is 1.12. The number of amides is 3. The molecule has 0 saturated heterocycles. The lowest BCUT2D eigenvalue weighted by atomic mass is 10.1. The Balaban J connectivity index is 2.37. The molecule has 6 N–H and O–H groups in total. The molecule has 2 atom stereocenters. The van der Waals surface area contributed by atoms with Gasteiger partial charge in [0.1, 0.15) is 6.04 Å². The summed E-state index contributed by atoms with van der Waals surface area (Å²) in [6, 6.07) is 5.27. The molecular formula is C22H30IN3O8. The Morgan fingerprint density at radius 2 is 1.53 bits per heavy atom. The Hall–Kier alpha value is -2.90. The average molecular weight is 591 g/mol. The predicted molar refractivity (Wildman–Crippen MR) is 130 cm³/mol. The number of hydrogen-bond donors (Lipinski definition) is 6. The van der Waals surface area contributed by atoms with Gasteiger partial charge in [-0.2, -0.15) is 0 Å². The molecule has 0 heterocycles. The molecule has 11 nitrogen and oxygen atoms in total. The van der Waals surface area contributed by atoms with Gasteiger partial charge in [0.05, 0.1) is 6.42 Å². The first kappa shape index (κ1) is 29.1. The number of nitrogens with one attached hydrogen (secondary N) is 3. The van der Waals surface area contributed by atoms with Gasteiger partial charge in [0.2, 0.25) is 5.91 Å². The molecule has 0 aromatic heterocycles. The van der Waals surface area contributed by atoms with Crippen LogP contribution >= 0.6 is 22.6 Å². The Kier molecular flexibility index (Phi) is 13.6. The van der Waals surface area contributed by atoms with Crippen LogP contribution in [0.3, 0.4) is 0 Å². The molecule has 0 fully saturated rings. The number of aryl methyl sites for hydroxylation is 1. The van der Waals surface area contributed by atoms with Crippen LogP contribution < -0.4 is 16.0 Å². The van der Waals surface area contributed by atoms with Gasteiger partial charge < -0.3 is 31.3 Å². The predicted octanol–water partition coefficient (Wildman–Crippen LogP) is 1.97. The first-order valence-corrected chi connectivity index (χ1v) is 11.9. The van der Waals surface area contributed by atoms with Crippen molar-refractivity contribution in [3.63, 3.8) is 0 Å². The summed E-state index contributed by atoms with van der Waals surface area (Å²) in [5, 5.41) is 34.2. The lowest BCUT2D eigenvalue weighted by Gasteiger charge is -2.18. The van der Waals surface area contributed by atoms with Crippen LogP contribution in [0.4, 0.5) is 4.79 Å². The molecule has 0 aliphatic heterocycles.